The summed E-state index contributed by atoms with van der Waals surface area (Å²) in [6, 6.07) is 8.49. The van der Waals surface area contributed by atoms with Crippen molar-refractivity contribution in [1.82, 2.24) is 0 Å². The van der Waals surface area contributed by atoms with Crippen molar-refractivity contribution >= 4 is 27.3 Å². The molecule has 0 saturated heterocycles. The van der Waals surface area contributed by atoms with Gasteiger partial charge in [0, 0.05) is 11.6 Å². The minimum atomic E-state index is -4.18. The Kier molecular flexibility index (Phi) is 4.25. The zero-order valence-corrected chi connectivity index (χ0v) is 11.7. The van der Waals surface area contributed by atoms with Crippen LogP contribution in [0.4, 0.5) is 14.5 Å². The third kappa shape index (κ3) is 3.26. The highest BCUT2D eigenvalue weighted by Gasteiger charge is 2.20. The van der Waals surface area contributed by atoms with Crippen molar-refractivity contribution in [3.05, 3.63) is 59.7 Å². The van der Waals surface area contributed by atoms with Crippen LogP contribution in [-0.4, -0.2) is 8.42 Å². The van der Waals surface area contributed by atoms with Gasteiger partial charge in [-0.1, -0.05) is 12.1 Å². The van der Waals surface area contributed by atoms with E-state index in [1.54, 1.807) is 12.1 Å². The molecule has 0 heterocycles. The zero-order valence-electron chi connectivity index (χ0n) is 10.1. The highest BCUT2D eigenvalue weighted by Crippen LogP contribution is 2.20. The Hall–Kier alpha value is -1.66. The second-order valence-corrected chi connectivity index (χ2v) is 5.93. The smallest absolute Gasteiger partial charge is 0.264 e. The van der Waals surface area contributed by atoms with Crippen LogP contribution in [0.3, 0.4) is 0 Å². The largest absolute Gasteiger partial charge is 0.280 e. The quantitative estimate of drug-likeness (QED) is 0.877. The molecule has 0 saturated carbocycles. The molecule has 0 radical (unpaired) electrons. The maximum absolute atomic E-state index is 13.5. The fourth-order valence-electron chi connectivity index (χ4n) is 1.56. The van der Waals surface area contributed by atoms with Crippen molar-refractivity contribution in [2.75, 3.05) is 4.72 Å². The zero-order chi connectivity index (χ0) is 14.8. The van der Waals surface area contributed by atoms with E-state index in [1.807, 2.05) is 0 Å². The fourth-order valence-corrected chi connectivity index (χ4v) is 2.88. The van der Waals surface area contributed by atoms with E-state index in [9.17, 15) is 17.2 Å². The Labute approximate surface area is 120 Å². The van der Waals surface area contributed by atoms with Gasteiger partial charge in [0.2, 0.25) is 0 Å². The maximum Gasteiger partial charge on any atom is 0.264 e. The van der Waals surface area contributed by atoms with Gasteiger partial charge in [0.1, 0.15) is 16.5 Å². The average Bonchev–Trinajstić information content (AvgIpc) is 2.42. The molecule has 0 fully saturated rings. The Morgan fingerprint density at radius 1 is 1.05 bits per heavy atom. The van der Waals surface area contributed by atoms with Crippen LogP contribution in [0.25, 0.3) is 0 Å². The van der Waals surface area contributed by atoms with Crippen LogP contribution in [-0.2, 0) is 15.9 Å². The molecule has 3 nitrogen and oxygen atoms in total. The first-order valence-electron chi connectivity index (χ1n) is 5.55. The van der Waals surface area contributed by atoms with Crippen LogP contribution in [0.2, 0.25) is 0 Å². The molecule has 0 aliphatic carbocycles. The van der Waals surface area contributed by atoms with Gasteiger partial charge in [0.25, 0.3) is 10.0 Å². The Balaban J connectivity index is 2.32. The predicted octanol–water partition coefficient (Wildman–Crippen LogP) is 3.50. The van der Waals surface area contributed by atoms with E-state index in [1.165, 1.54) is 12.1 Å². The second kappa shape index (κ2) is 5.76. The molecule has 1 N–H and O–H groups in total. The summed E-state index contributed by atoms with van der Waals surface area (Å²) < 4.78 is 52.7. The van der Waals surface area contributed by atoms with Crippen molar-refractivity contribution in [2.24, 2.45) is 0 Å². The van der Waals surface area contributed by atoms with Crippen LogP contribution >= 0.6 is 11.6 Å². The molecule has 2 aromatic rings. The molecule has 0 unspecified atom stereocenters. The minimum absolute atomic E-state index is 0.238. The summed E-state index contributed by atoms with van der Waals surface area (Å²) in [5.41, 5.74) is 1.05. The summed E-state index contributed by atoms with van der Waals surface area (Å²) in [7, 11) is -4.18. The van der Waals surface area contributed by atoms with Crippen LogP contribution in [0, 0.1) is 11.6 Å². The number of halogens is 3. The molecule has 2 aromatic carbocycles. The second-order valence-electron chi connectivity index (χ2n) is 4.01. The third-order valence-corrected chi connectivity index (χ3v) is 4.25. The lowest BCUT2D eigenvalue weighted by molar-refractivity contribution is 0.555. The van der Waals surface area contributed by atoms with E-state index in [4.69, 9.17) is 11.6 Å². The van der Waals surface area contributed by atoms with Crippen molar-refractivity contribution in [3.63, 3.8) is 0 Å². The maximum atomic E-state index is 13.5. The van der Waals surface area contributed by atoms with Gasteiger partial charge in [-0.25, -0.2) is 17.2 Å². The summed E-state index contributed by atoms with van der Waals surface area (Å²) >= 11 is 5.62. The summed E-state index contributed by atoms with van der Waals surface area (Å²) in [5, 5.41) is 0. The summed E-state index contributed by atoms with van der Waals surface area (Å²) in [6.45, 7) is 0. The molecule has 0 atom stereocenters. The first-order chi connectivity index (χ1) is 9.42. The molecule has 0 aromatic heterocycles. The van der Waals surface area contributed by atoms with Crippen molar-refractivity contribution < 1.29 is 17.2 Å². The molecule has 0 amide bonds. The summed E-state index contributed by atoms with van der Waals surface area (Å²) in [4.78, 5) is -0.737. The molecule has 2 rings (SSSR count). The van der Waals surface area contributed by atoms with Gasteiger partial charge in [-0.3, -0.25) is 4.72 Å². The van der Waals surface area contributed by atoms with E-state index in [0.29, 0.717) is 11.9 Å². The van der Waals surface area contributed by atoms with Gasteiger partial charge < -0.3 is 0 Å². The predicted molar refractivity (Wildman–Crippen MR) is 73.2 cm³/mol. The van der Waals surface area contributed by atoms with Gasteiger partial charge >= 0.3 is 0 Å². The van der Waals surface area contributed by atoms with E-state index >= 15 is 0 Å². The topological polar surface area (TPSA) is 46.2 Å². The lowest BCUT2D eigenvalue weighted by Crippen LogP contribution is -2.14. The lowest BCUT2D eigenvalue weighted by Gasteiger charge is -2.09. The van der Waals surface area contributed by atoms with Gasteiger partial charge in [0.05, 0.1) is 0 Å². The third-order valence-electron chi connectivity index (χ3n) is 2.54. The highest BCUT2D eigenvalue weighted by molar-refractivity contribution is 7.92. The van der Waals surface area contributed by atoms with E-state index in [0.717, 1.165) is 17.7 Å². The number of hydrogen-bond donors (Lipinski definition) is 1. The SMILES string of the molecule is O=S(=O)(Nc1ccc(CCl)cc1)c1cc(F)ccc1F. The van der Waals surface area contributed by atoms with Crippen LogP contribution in [0.15, 0.2) is 47.4 Å². The Morgan fingerprint density at radius 2 is 1.70 bits per heavy atom. The molecule has 0 aliphatic heterocycles. The number of rotatable bonds is 4. The lowest BCUT2D eigenvalue weighted by atomic mass is 10.2. The molecular formula is C13H10ClF2NO2S. The molecule has 106 valence electrons. The average molecular weight is 318 g/mol. The van der Waals surface area contributed by atoms with Crippen molar-refractivity contribution in [3.8, 4) is 0 Å². The van der Waals surface area contributed by atoms with E-state index in [2.05, 4.69) is 4.72 Å². The number of nitrogens with one attached hydrogen (secondary N) is 1. The molecule has 20 heavy (non-hydrogen) atoms. The monoisotopic (exact) mass is 317 g/mol. The van der Waals surface area contributed by atoms with Crippen molar-refractivity contribution in [1.29, 1.82) is 0 Å². The number of anilines is 1. The fraction of sp³-hybridized carbons (Fsp3) is 0.0769. The number of alkyl halides is 1. The van der Waals surface area contributed by atoms with Crippen LogP contribution in [0.5, 0.6) is 0 Å². The number of benzene rings is 2. The van der Waals surface area contributed by atoms with Crippen LogP contribution in [0.1, 0.15) is 5.56 Å². The van der Waals surface area contributed by atoms with Gasteiger partial charge in [-0.2, -0.15) is 0 Å². The molecule has 0 bridgehead atoms. The number of sulfonamides is 1. The first kappa shape index (κ1) is 14.7. The molecule has 0 spiro atoms. The first-order valence-corrected chi connectivity index (χ1v) is 7.57. The number of hydrogen-bond acceptors (Lipinski definition) is 2. The van der Waals surface area contributed by atoms with Gasteiger partial charge in [-0.15, -0.1) is 11.6 Å². The standard InChI is InChI=1S/C13H10ClF2NO2S/c14-8-9-1-4-11(5-2-9)17-20(18,19)13-7-10(15)3-6-12(13)16/h1-7,17H,8H2. The normalized spacial score (nSPS) is 11.3. The van der Waals surface area contributed by atoms with Crippen LogP contribution < -0.4 is 4.72 Å². The van der Waals surface area contributed by atoms with E-state index in [-0.39, 0.29) is 5.69 Å². The summed E-state index contributed by atoms with van der Waals surface area (Å²) in [6.07, 6.45) is 0. The molecular weight excluding hydrogens is 308 g/mol. The Bertz CT molecular complexity index is 718. The molecule has 0 aliphatic rings. The van der Waals surface area contributed by atoms with Crippen molar-refractivity contribution in [2.45, 2.75) is 10.8 Å². The highest BCUT2D eigenvalue weighted by atomic mass is 35.5. The minimum Gasteiger partial charge on any atom is -0.280 e. The van der Waals surface area contributed by atoms with Gasteiger partial charge in [-0.05, 0) is 35.9 Å². The molecule has 7 heteroatoms. The Morgan fingerprint density at radius 3 is 2.30 bits per heavy atom. The van der Waals surface area contributed by atoms with E-state index < -0.39 is 26.6 Å². The van der Waals surface area contributed by atoms with Gasteiger partial charge in [0.15, 0.2) is 0 Å². The summed E-state index contributed by atoms with van der Waals surface area (Å²) in [5.74, 6) is -1.55.